The summed E-state index contributed by atoms with van der Waals surface area (Å²) in [4.78, 5) is 41.1. The number of ether oxygens (including phenoxy) is 2. The topological polar surface area (TPSA) is 69.7 Å². The largest absolute Gasteiger partial charge is 0.462 e. The van der Waals surface area contributed by atoms with Crippen molar-refractivity contribution in [2.45, 2.75) is 132 Å². The molecular weight excluding hydrogens is 548 g/mol. The number of ketones is 1. The Bertz CT molecular complexity index is 1310. The fourth-order valence-corrected chi connectivity index (χ4v) is 12.3. The van der Waals surface area contributed by atoms with E-state index in [0.29, 0.717) is 18.1 Å². The maximum atomic E-state index is 14.8. The van der Waals surface area contributed by atoms with Crippen molar-refractivity contribution in [2.24, 2.45) is 56.2 Å². The summed E-state index contributed by atoms with van der Waals surface area (Å²) in [5.74, 6) is 0.688. The molecule has 0 saturated heterocycles. The smallest absolute Gasteiger partial charge is 0.312 e. The Hall–Kier alpha value is -2.17. The predicted molar refractivity (Wildman–Crippen MR) is 171 cm³/mol. The summed E-state index contributed by atoms with van der Waals surface area (Å²) in [7, 11) is 0. The van der Waals surface area contributed by atoms with Gasteiger partial charge in [-0.3, -0.25) is 14.4 Å². The normalized spacial score (nSPS) is 43.8. The first-order valence-corrected chi connectivity index (χ1v) is 17.4. The Kier molecular flexibility index (Phi) is 7.53. The average molecular weight is 605 g/mol. The number of benzene rings is 1. The Morgan fingerprint density at radius 1 is 0.818 bits per heavy atom. The highest BCUT2D eigenvalue weighted by molar-refractivity contribution is 5.87. The van der Waals surface area contributed by atoms with E-state index in [1.165, 1.54) is 6.92 Å². The van der Waals surface area contributed by atoms with Gasteiger partial charge in [0.2, 0.25) is 0 Å². The Morgan fingerprint density at radius 3 is 2.18 bits per heavy atom. The molecule has 5 fully saturated rings. The molecule has 6 rings (SSSR count). The van der Waals surface area contributed by atoms with E-state index in [9.17, 15) is 14.4 Å². The molecule has 0 aromatic heterocycles. The van der Waals surface area contributed by atoms with Gasteiger partial charge >= 0.3 is 11.9 Å². The lowest BCUT2D eigenvalue weighted by atomic mass is 9.31. The first kappa shape index (κ1) is 31.8. The number of carbonyl (C=O) groups excluding carboxylic acids is 3. The molecule has 0 unspecified atom stereocenters. The molecule has 1 aromatic rings. The Balaban J connectivity index is 1.34. The van der Waals surface area contributed by atoms with E-state index >= 15 is 0 Å². The number of carbonyl (C=O) groups is 3. The molecule has 0 aliphatic heterocycles. The standard InChI is InChI=1S/C39H56O5/c1-25(40)44-31-15-16-36(6)29(35(31,4)5)14-17-37(7)30(36)22-28(41)32-27-23-34(2,3)18-20-39(27,21-19-38(32,37)8)33(42)43-24-26-12-10-9-11-13-26/h9-13,27,29-32H,14-24H2,1-8H3/t27-,29-,30+,31-,32-,36-,37+,38+,39-/m0/s1. The lowest BCUT2D eigenvalue weighted by Crippen LogP contribution is -2.70. The van der Waals surface area contributed by atoms with Gasteiger partial charge in [-0.2, -0.15) is 0 Å². The van der Waals surface area contributed by atoms with Gasteiger partial charge in [0.1, 0.15) is 18.5 Å². The van der Waals surface area contributed by atoms with Crippen molar-refractivity contribution in [3.05, 3.63) is 35.9 Å². The third-order valence-corrected chi connectivity index (χ3v) is 14.9. The summed E-state index contributed by atoms with van der Waals surface area (Å²) in [5, 5.41) is 0. The number of rotatable bonds is 4. The lowest BCUT2D eigenvalue weighted by molar-refractivity contribution is -0.248. The molecule has 5 nitrogen and oxygen atoms in total. The number of hydrogen-bond acceptors (Lipinski definition) is 5. The van der Waals surface area contributed by atoms with Crippen LogP contribution in [-0.4, -0.2) is 23.8 Å². The van der Waals surface area contributed by atoms with Crippen molar-refractivity contribution < 1.29 is 23.9 Å². The fraction of sp³-hybridized carbons (Fsp3) is 0.769. The zero-order valence-corrected chi connectivity index (χ0v) is 28.6. The van der Waals surface area contributed by atoms with Gasteiger partial charge in [-0.1, -0.05) is 78.8 Å². The molecule has 0 radical (unpaired) electrons. The number of esters is 2. The average Bonchev–Trinajstić information content (AvgIpc) is 2.94. The molecule has 1 aromatic carbocycles. The molecule has 0 spiro atoms. The third-order valence-electron chi connectivity index (χ3n) is 14.9. The van der Waals surface area contributed by atoms with E-state index in [1.54, 1.807) is 0 Å². The van der Waals surface area contributed by atoms with Crippen LogP contribution in [0.25, 0.3) is 0 Å². The second-order valence-electron chi connectivity index (χ2n) is 17.8. The van der Waals surface area contributed by atoms with Gasteiger partial charge in [-0.05, 0) is 103 Å². The van der Waals surface area contributed by atoms with Crippen LogP contribution in [0.3, 0.4) is 0 Å². The number of Topliss-reactive ketones (excluding diaryl/α,β-unsaturated/α-hetero) is 1. The van der Waals surface area contributed by atoms with Gasteiger partial charge in [-0.25, -0.2) is 0 Å². The van der Waals surface area contributed by atoms with Crippen LogP contribution in [0.1, 0.15) is 125 Å². The van der Waals surface area contributed by atoms with Crippen molar-refractivity contribution in [1.82, 2.24) is 0 Å². The highest BCUT2D eigenvalue weighted by Crippen LogP contribution is 2.76. The molecule has 5 aliphatic rings. The summed E-state index contributed by atoms with van der Waals surface area (Å²) >= 11 is 0. The summed E-state index contributed by atoms with van der Waals surface area (Å²) in [6.45, 7) is 18.5. The van der Waals surface area contributed by atoms with Crippen molar-refractivity contribution in [2.75, 3.05) is 0 Å². The second kappa shape index (κ2) is 10.4. The van der Waals surface area contributed by atoms with Crippen LogP contribution < -0.4 is 0 Å². The number of fused-ring (bicyclic) bond motifs is 7. The highest BCUT2D eigenvalue weighted by Gasteiger charge is 2.73. The first-order valence-electron chi connectivity index (χ1n) is 17.4. The maximum Gasteiger partial charge on any atom is 0.312 e. The van der Waals surface area contributed by atoms with E-state index in [0.717, 1.165) is 63.4 Å². The summed E-state index contributed by atoms with van der Waals surface area (Å²) in [6.07, 6.45) is 8.93. The van der Waals surface area contributed by atoms with Gasteiger partial charge in [-0.15, -0.1) is 0 Å². The fourth-order valence-electron chi connectivity index (χ4n) is 12.3. The molecule has 242 valence electrons. The molecule has 0 amide bonds. The van der Waals surface area contributed by atoms with E-state index < -0.39 is 5.41 Å². The molecule has 5 aliphatic carbocycles. The summed E-state index contributed by atoms with van der Waals surface area (Å²) < 4.78 is 12.0. The minimum Gasteiger partial charge on any atom is -0.462 e. The summed E-state index contributed by atoms with van der Waals surface area (Å²) in [5.41, 5.74) is 0.212. The van der Waals surface area contributed by atoms with Crippen molar-refractivity contribution >= 4 is 17.7 Å². The van der Waals surface area contributed by atoms with Crippen molar-refractivity contribution in [3.63, 3.8) is 0 Å². The van der Waals surface area contributed by atoms with Crippen LogP contribution in [0.5, 0.6) is 0 Å². The molecule has 9 atom stereocenters. The highest BCUT2D eigenvalue weighted by atomic mass is 16.5. The van der Waals surface area contributed by atoms with Crippen molar-refractivity contribution in [1.29, 1.82) is 0 Å². The minimum atomic E-state index is -0.585. The second-order valence-corrected chi connectivity index (χ2v) is 17.8. The predicted octanol–water partition coefficient (Wildman–Crippen LogP) is 8.72. The van der Waals surface area contributed by atoms with Crippen LogP contribution in [0.15, 0.2) is 30.3 Å². The minimum absolute atomic E-state index is 0.00285. The molecule has 0 bridgehead atoms. The van der Waals surface area contributed by atoms with E-state index in [1.807, 2.05) is 30.3 Å². The van der Waals surface area contributed by atoms with Gasteiger partial charge in [0.25, 0.3) is 0 Å². The Labute approximate surface area is 265 Å². The quantitative estimate of drug-likeness (QED) is 0.322. The SMILES string of the molecule is CC(=O)O[C@H]1CC[C@]2(C)[C@H]3CC(=O)[C@@H]4[C@@H]5CC(C)(C)CC[C@]5(C(=O)OCc5ccccc5)CC[C@@]4(C)[C@]3(C)CC[C@H]2C1(C)C. The monoisotopic (exact) mass is 604 g/mol. The molecule has 44 heavy (non-hydrogen) atoms. The number of hydrogen-bond donors (Lipinski definition) is 0. The first-order chi connectivity index (χ1) is 20.5. The van der Waals surface area contributed by atoms with Crippen LogP contribution >= 0.6 is 0 Å². The van der Waals surface area contributed by atoms with Crippen LogP contribution in [0.4, 0.5) is 0 Å². The zero-order valence-electron chi connectivity index (χ0n) is 28.6. The lowest BCUT2D eigenvalue weighted by Gasteiger charge is -2.72. The maximum absolute atomic E-state index is 14.8. The molecule has 0 heterocycles. The summed E-state index contributed by atoms with van der Waals surface area (Å²) in [6, 6.07) is 9.96. The van der Waals surface area contributed by atoms with Gasteiger partial charge < -0.3 is 9.47 Å². The van der Waals surface area contributed by atoms with Crippen LogP contribution in [0, 0.1) is 56.2 Å². The van der Waals surface area contributed by atoms with Crippen molar-refractivity contribution in [3.8, 4) is 0 Å². The molecule has 5 saturated carbocycles. The van der Waals surface area contributed by atoms with Gasteiger partial charge in [0, 0.05) is 24.7 Å². The van der Waals surface area contributed by atoms with E-state index in [-0.39, 0.29) is 69.5 Å². The van der Waals surface area contributed by atoms with E-state index in [4.69, 9.17) is 9.47 Å². The van der Waals surface area contributed by atoms with Crippen LogP contribution in [0.2, 0.25) is 0 Å². The zero-order chi connectivity index (χ0) is 31.9. The Morgan fingerprint density at radius 2 is 1.50 bits per heavy atom. The van der Waals surface area contributed by atoms with Gasteiger partial charge in [0.05, 0.1) is 5.41 Å². The van der Waals surface area contributed by atoms with Crippen LogP contribution in [-0.2, 0) is 30.5 Å². The molecular formula is C39H56O5. The third kappa shape index (κ3) is 4.55. The van der Waals surface area contributed by atoms with Gasteiger partial charge in [0.15, 0.2) is 0 Å². The van der Waals surface area contributed by atoms with E-state index in [2.05, 4.69) is 48.5 Å². The molecule has 0 N–H and O–H groups in total. The molecule has 5 heteroatoms.